The van der Waals surface area contributed by atoms with Crippen LogP contribution in [0, 0.1) is 6.92 Å². The zero-order valence-electron chi connectivity index (χ0n) is 9.97. The molecule has 0 aromatic carbocycles. The van der Waals surface area contributed by atoms with Crippen LogP contribution in [-0.2, 0) is 0 Å². The van der Waals surface area contributed by atoms with Crippen molar-refractivity contribution in [3.05, 3.63) is 34.4 Å². The van der Waals surface area contributed by atoms with Crippen molar-refractivity contribution < 1.29 is 0 Å². The molecule has 17 heavy (non-hydrogen) atoms. The van der Waals surface area contributed by atoms with Crippen molar-refractivity contribution in [1.82, 2.24) is 9.97 Å². The van der Waals surface area contributed by atoms with Crippen molar-refractivity contribution in [2.45, 2.75) is 26.3 Å². The predicted octanol–water partition coefficient (Wildman–Crippen LogP) is 2.99. The van der Waals surface area contributed by atoms with Crippen molar-refractivity contribution >= 4 is 22.8 Å². The van der Waals surface area contributed by atoms with Gasteiger partial charge in [0.25, 0.3) is 0 Å². The number of rotatable bonds is 4. The molecule has 5 heteroatoms. The van der Waals surface area contributed by atoms with Crippen LogP contribution in [0.25, 0.3) is 0 Å². The van der Waals surface area contributed by atoms with Gasteiger partial charge in [-0.05, 0) is 25.0 Å². The minimum absolute atomic E-state index is 0.174. The Balaban J connectivity index is 2.19. The van der Waals surface area contributed by atoms with Gasteiger partial charge in [-0.25, -0.2) is 9.97 Å². The SMILES string of the molecule is CCC(Nc1ncc(C)cc1N)c1nccs1. The third-order valence-electron chi connectivity index (χ3n) is 2.52. The molecule has 0 aliphatic carbocycles. The summed E-state index contributed by atoms with van der Waals surface area (Å²) >= 11 is 1.64. The van der Waals surface area contributed by atoms with Gasteiger partial charge in [0.1, 0.15) is 10.8 Å². The van der Waals surface area contributed by atoms with Gasteiger partial charge in [-0.15, -0.1) is 11.3 Å². The topological polar surface area (TPSA) is 63.8 Å². The molecule has 2 rings (SSSR count). The maximum absolute atomic E-state index is 5.94. The molecule has 2 aromatic rings. The first kappa shape index (κ1) is 11.9. The highest BCUT2D eigenvalue weighted by Crippen LogP contribution is 2.26. The minimum atomic E-state index is 0.174. The Morgan fingerprint density at radius 3 is 2.88 bits per heavy atom. The van der Waals surface area contributed by atoms with Gasteiger partial charge in [0, 0.05) is 17.8 Å². The number of aromatic nitrogens is 2. The molecule has 0 saturated carbocycles. The van der Waals surface area contributed by atoms with E-state index in [-0.39, 0.29) is 6.04 Å². The zero-order chi connectivity index (χ0) is 12.3. The van der Waals surface area contributed by atoms with E-state index in [0.717, 1.165) is 22.8 Å². The Morgan fingerprint density at radius 2 is 2.29 bits per heavy atom. The number of aryl methyl sites for hydroxylation is 1. The normalized spacial score (nSPS) is 12.4. The molecule has 1 atom stereocenters. The summed E-state index contributed by atoms with van der Waals surface area (Å²) in [6.07, 6.45) is 4.58. The fourth-order valence-corrected chi connectivity index (χ4v) is 2.40. The Bertz CT molecular complexity index is 481. The van der Waals surface area contributed by atoms with Crippen LogP contribution in [0.4, 0.5) is 11.5 Å². The molecular weight excluding hydrogens is 232 g/mol. The van der Waals surface area contributed by atoms with E-state index in [4.69, 9.17) is 5.73 Å². The van der Waals surface area contributed by atoms with Gasteiger partial charge in [-0.1, -0.05) is 6.92 Å². The Hall–Kier alpha value is -1.62. The number of pyridine rings is 1. The first-order chi connectivity index (χ1) is 8.20. The third kappa shape index (κ3) is 2.74. The van der Waals surface area contributed by atoms with E-state index < -0.39 is 0 Å². The molecule has 0 fully saturated rings. The Labute approximate surface area is 105 Å². The number of hydrogen-bond acceptors (Lipinski definition) is 5. The molecule has 0 aliphatic rings. The summed E-state index contributed by atoms with van der Waals surface area (Å²) in [5.74, 6) is 0.734. The molecule has 0 amide bonds. The molecule has 2 aromatic heterocycles. The molecule has 0 aliphatic heterocycles. The number of hydrogen-bond donors (Lipinski definition) is 2. The summed E-state index contributed by atoms with van der Waals surface area (Å²) in [6, 6.07) is 2.09. The largest absolute Gasteiger partial charge is 0.396 e. The van der Waals surface area contributed by atoms with Crippen molar-refractivity contribution in [2.24, 2.45) is 0 Å². The van der Waals surface area contributed by atoms with Crippen LogP contribution in [0.1, 0.15) is 30.0 Å². The number of anilines is 2. The second-order valence-electron chi connectivity index (χ2n) is 3.93. The van der Waals surface area contributed by atoms with Gasteiger partial charge < -0.3 is 11.1 Å². The highest BCUT2D eigenvalue weighted by Gasteiger charge is 2.13. The lowest BCUT2D eigenvalue weighted by Crippen LogP contribution is -2.12. The monoisotopic (exact) mass is 248 g/mol. The fourth-order valence-electron chi connectivity index (χ4n) is 1.62. The van der Waals surface area contributed by atoms with E-state index in [2.05, 4.69) is 22.2 Å². The highest BCUT2D eigenvalue weighted by molar-refractivity contribution is 7.09. The molecule has 0 spiro atoms. The van der Waals surface area contributed by atoms with Gasteiger partial charge in [0.2, 0.25) is 0 Å². The average Bonchev–Trinajstić information content (AvgIpc) is 2.81. The van der Waals surface area contributed by atoms with Crippen LogP contribution < -0.4 is 11.1 Å². The number of thiazole rings is 1. The number of nitrogens with one attached hydrogen (secondary N) is 1. The Morgan fingerprint density at radius 1 is 1.47 bits per heavy atom. The van der Waals surface area contributed by atoms with Crippen LogP contribution in [0.15, 0.2) is 23.8 Å². The van der Waals surface area contributed by atoms with Gasteiger partial charge in [0.15, 0.2) is 0 Å². The first-order valence-corrected chi connectivity index (χ1v) is 6.46. The van der Waals surface area contributed by atoms with Crippen LogP contribution >= 0.6 is 11.3 Å². The predicted molar refractivity (Wildman–Crippen MR) is 72.2 cm³/mol. The molecule has 4 nitrogen and oxygen atoms in total. The van der Waals surface area contributed by atoms with Crippen molar-refractivity contribution in [3.8, 4) is 0 Å². The van der Waals surface area contributed by atoms with E-state index in [1.54, 1.807) is 11.3 Å². The summed E-state index contributed by atoms with van der Waals surface area (Å²) in [5, 5.41) is 6.38. The highest BCUT2D eigenvalue weighted by atomic mass is 32.1. The van der Waals surface area contributed by atoms with E-state index in [0.29, 0.717) is 5.69 Å². The summed E-state index contributed by atoms with van der Waals surface area (Å²) < 4.78 is 0. The second kappa shape index (κ2) is 5.14. The maximum Gasteiger partial charge on any atom is 0.149 e. The summed E-state index contributed by atoms with van der Waals surface area (Å²) in [6.45, 7) is 4.09. The van der Waals surface area contributed by atoms with Gasteiger partial charge in [-0.3, -0.25) is 0 Å². The molecule has 2 heterocycles. The molecule has 0 radical (unpaired) electrons. The Kier molecular flexibility index (Phi) is 3.58. The minimum Gasteiger partial charge on any atom is -0.396 e. The van der Waals surface area contributed by atoms with Crippen molar-refractivity contribution in [1.29, 1.82) is 0 Å². The zero-order valence-corrected chi connectivity index (χ0v) is 10.8. The van der Waals surface area contributed by atoms with E-state index in [1.807, 2.05) is 30.8 Å². The second-order valence-corrected chi connectivity index (χ2v) is 4.85. The lowest BCUT2D eigenvalue weighted by Gasteiger charge is -2.16. The van der Waals surface area contributed by atoms with Crippen LogP contribution in [0.3, 0.4) is 0 Å². The van der Waals surface area contributed by atoms with Gasteiger partial charge in [0.05, 0.1) is 11.7 Å². The molecular formula is C12H16N4S. The first-order valence-electron chi connectivity index (χ1n) is 5.58. The van der Waals surface area contributed by atoms with Crippen LogP contribution in [0.5, 0.6) is 0 Å². The number of nitrogens with zero attached hydrogens (tertiary/aromatic N) is 2. The summed E-state index contributed by atoms with van der Waals surface area (Å²) in [5.41, 5.74) is 7.68. The van der Waals surface area contributed by atoms with Crippen LogP contribution in [-0.4, -0.2) is 9.97 Å². The van der Waals surface area contributed by atoms with Gasteiger partial charge >= 0.3 is 0 Å². The molecule has 1 unspecified atom stereocenters. The van der Waals surface area contributed by atoms with Crippen LogP contribution in [0.2, 0.25) is 0 Å². The standard InChI is InChI=1S/C12H16N4S/c1-3-10(12-14-4-5-17-12)16-11-9(13)6-8(2)7-15-11/h4-7,10H,3,13H2,1-2H3,(H,15,16). The van der Waals surface area contributed by atoms with Crippen molar-refractivity contribution in [2.75, 3.05) is 11.1 Å². The van der Waals surface area contributed by atoms with E-state index in [1.165, 1.54) is 0 Å². The molecule has 0 saturated heterocycles. The molecule has 3 N–H and O–H groups in total. The van der Waals surface area contributed by atoms with Crippen molar-refractivity contribution in [3.63, 3.8) is 0 Å². The maximum atomic E-state index is 5.94. The fraction of sp³-hybridized carbons (Fsp3) is 0.333. The molecule has 90 valence electrons. The number of nitrogens with two attached hydrogens (primary N) is 1. The average molecular weight is 248 g/mol. The number of nitrogen functional groups attached to an aromatic ring is 1. The molecule has 0 bridgehead atoms. The third-order valence-corrected chi connectivity index (χ3v) is 3.41. The quantitative estimate of drug-likeness (QED) is 0.873. The lowest BCUT2D eigenvalue weighted by atomic mass is 10.2. The van der Waals surface area contributed by atoms with E-state index in [9.17, 15) is 0 Å². The van der Waals surface area contributed by atoms with Gasteiger partial charge in [-0.2, -0.15) is 0 Å². The summed E-state index contributed by atoms with van der Waals surface area (Å²) in [4.78, 5) is 8.63. The van der Waals surface area contributed by atoms with E-state index >= 15 is 0 Å². The lowest BCUT2D eigenvalue weighted by molar-refractivity contribution is 0.738. The smallest absolute Gasteiger partial charge is 0.149 e. The summed E-state index contributed by atoms with van der Waals surface area (Å²) in [7, 11) is 0.